The smallest absolute Gasteiger partial charge is 0.0726 e. The van der Waals surface area contributed by atoms with Crippen molar-refractivity contribution < 1.29 is 5.48 Å². The third kappa shape index (κ3) is 4.73. The van der Waals surface area contributed by atoms with Crippen LogP contribution in [0.2, 0.25) is 0 Å². The molecule has 0 aromatic heterocycles. The summed E-state index contributed by atoms with van der Waals surface area (Å²) in [6.45, 7) is 4.61. The molecule has 3 aliphatic carbocycles. The first-order valence-electron chi connectivity index (χ1n) is 22.4. The van der Waals surface area contributed by atoms with Crippen LogP contribution in [-0.4, -0.2) is 0 Å². The molecule has 9 aromatic carbocycles. The van der Waals surface area contributed by atoms with Crippen LogP contribution in [-0.2, 0) is 10.8 Å². The molecule has 0 atom stereocenters. The van der Waals surface area contributed by atoms with Crippen LogP contribution in [0.5, 0.6) is 0 Å². The molecule has 0 saturated carbocycles. The van der Waals surface area contributed by atoms with Gasteiger partial charge in [-0.2, -0.15) is 0 Å². The maximum absolute atomic E-state index is 9.70. The molecule has 0 bridgehead atoms. The van der Waals surface area contributed by atoms with Gasteiger partial charge in [-0.1, -0.05) is 190 Å². The summed E-state index contributed by atoms with van der Waals surface area (Å²) in [7, 11) is 0. The van der Waals surface area contributed by atoms with Crippen molar-refractivity contribution in [3.05, 3.63) is 246 Å². The first kappa shape index (κ1) is 29.9. The number of hydrogen-bond donors (Lipinski definition) is 0. The molecule has 0 fully saturated rings. The van der Waals surface area contributed by atoms with Crippen molar-refractivity contribution in [2.24, 2.45) is 0 Å². The fourth-order valence-electron chi connectivity index (χ4n) is 10.7. The molecule has 12 rings (SSSR count). The Labute approximate surface area is 352 Å². The molecule has 1 heteroatoms. The molecule has 0 unspecified atom stereocenters. The predicted molar refractivity (Wildman–Crippen MR) is 246 cm³/mol. The van der Waals surface area contributed by atoms with Gasteiger partial charge in [0.2, 0.25) is 0 Å². The summed E-state index contributed by atoms with van der Waals surface area (Å²) < 4.78 is 38.3. The fraction of sp³-hybridized carbons (Fsp3) is 0.0690. The van der Waals surface area contributed by atoms with Gasteiger partial charge in [0.15, 0.2) is 0 Å². The van der Waals surface area contributed by atoms with E-state index in [9.17, 15) is 5.48 Å². The number of fused-ring (bicyclic) bond motifs is 13. The number of benzene rings is 9. The molecule has 0 heterocycles. The zero-order valence-electron chi connectivity index (χ0n) is 36.8. The lowest BCUT2D eigenvalue weighted by Crippen LogP contribution is -2.26. The summed E-state index contributed by atoms with van der Waals surface area (Å²) in [6, 6.07) is 65.3. The minimum Gasteiger partial charge on any atom is -0.310 e. The second-order valence-corrected chi connectivity index (χ2v) is 16.5. The van der Waals surface area contributed by atoms with Crippen LogP contribution >= 0.6 is 0 Å². The van der Waals surface area contributed by atoms with Crippen LogP contribution in [0.3, 0.4) is 0 Å². The van der Waals surface area contributed by atoms with E-state index in [-0.39, 0.29) is 40.8 Å². The zero-order valence-corrected chi connectivity index (χ0v) is 32.8. The van der Waals surface area contributed by atoms with Gasteiger partial charge in [0.1, 0.15) is 0 Å². The molecule has 1 nitrogen and oxygen atoms in total. The third-order valence-electron chi connectivity index (χ3n) is 13.2. The van der Waals surface area contributed by atoms with Gasteiger partial charge in [-0.25, -0.2) is 0 Å². The van der Waals surface area contributed by atoms with Crippen LogP contribution in [0, 0.1) is 0 Å². The van der Waals surface area contributed by atoms with Gasteiger partial charge in [0, 0.05) is 22.5 Å². The lowest BCUT2D eigenvalue weighted by molar-refractivity contribution is 0.662. The highest BCUT2D eigenvalue weighted by Crippen LogP contribution is 2.63. The van der Waals surface area contributed by atoms with Crippen LogP contribution < -0.4 is 4.90 Å². The Hall–Kier alpha value is -7.22. The average Bonchev–Trinajstić information content (AvgIpc) is 3.89. The van der Waals surface area contributed by atoms with E-state index in [1.807, 2.05) is 35.2 Å². The monoisotopic (exact) mass is 755 g/mol. The van der Waals surface area contributed by atoms with Gasteiger partial charge in [0.05, 0.1) is 10.9 Å². The SMILES string of the molecule is [2H]c1c([2H])c(N(c2ccc(-c3cccc4c3C(C)(C)c3ccccc3-4)cc2)c2ccc3c(c2)C2(c4ccccc4-c4ccccc42)c2ccccc2-3)c([2H])c([2H])c1-c1ccccc1. The minimum atomic E-state index is -0.603. The molecular formula is C58H41N. The van der Waals surface area contributed by atoms with Crippen molar-refractivity contribution in [3.8, 4) is 55.6 Å². The van der Waals surface area contributed by atoms with E-state index in [1.54, 1.807) is 0 Å². The van der Waals surface area contributed by atoms with Crippen LogP contribution in [0.1, 0.15) is 52.7 Å². The summed E-state index contributed by atoms with van der Waals surface area (Å²) in [4.78, 5) is 1.94. The highest BCUT2D eigenvalue weighted by molar-refractivity contribution is 5.96. The van der Waals surface area contributed by atoms with E-state index in [0.29, 0.717) is 5.56 Å². The molecule has 1 spiro atoms. The first-order chi connectivity index (χ1) is 30.7. The highest BCUT2D eigenvalue weighted by atomic mass is 15.1. The Balaban J connectivity index is 1.09. The summed E-state index contributed by atoms with van der Waals surface area (Å²) in [5.74, 6) is 0. The number of nitrogens with zero attached hydrogens (tertiary/aromatic N) is 1. The lowest BCUT2D eigenvalue weighted by Gasteiger charge is -2.32. The van der Waals surface area contributed by atoms with Gasteiger partial charge >= 0.3 is 0 Å². The standard InChI is InChI=1S/C58H41N/c1-57(2)51-23-10-6-20-48(51)50-22-14-21-44(56(50)57)40-29-33-42(34-30-40)59(41-31-27-39(28-32-41)38-15-4-3-5-16-38)43-35-36-49-47-19-9-13-26-54(47)58(55(49)37-43)52-24-11-7-17-45(52)46-18-8-12-25-53(46)58/h3-37H,1-2H3/i27D,28D,31D,32D. The molecule has 0 radical (unpaired) electrons. The quantitative estimate of drug-likeness (QED) is 0.169. The van der Waals surface area contributed by atoms with Crippen LogP contribution in [0.25, 0.3) is 55.6 Å². The predicted octanol–water partition coefficient (Wildman–Crippen LogP) is 15.1. The second-order valence-electron chi connectivity index (χ2n) is 16.5. The lowest BCUT2D eigenvalue weighted by atomic mass is 9.70. The summed E-state index contributed by atoms with van der Waals surface area (Å²) >= 11 is 0. The van der Waals surface area contributed by atoms with Gasteiger partial charge in [-0.05, 0) is 125 Å². The van der Waals surface area contributed by atoms with Crippen molar-refractivity contribution in [1.29, 1.82) is 0 Å². The maximum Gasteiger partial charge on any atom is 0.0726 e. The Kier molecular flexibility index (Phi) is 6.41. The van der Waals surface area contributed by atoms with Crippen LogP contribution in [0.4, 0.5) is 17.1 Å². The Morgan fingerprint density at radius 3 is 1.42 bits per heavy atom. The molecule has 0 aliphatic heterocycles. The van der Waals surface area contributed by atoms with Gasteiger partial charge in [0.25, 0.3) is 0 Å². The van der Waals surface area contributed by atoms with Crippen molar-refractivity contribution in [2.45, 2.75) is 24.7 Å². The molecular weight excluding hydrogens is 711 g/mol. The third-order valence-corrected chi connectivity index (χ3v) is 13.2. The molecule has 0 saturated heterocycles. The molecule has 59 heavy (non-hydrogen) atoms. The second kappa shape index (κ2) is 12.6. The van der Waals surface area contributed by atoms with Crippen LogP contribution in [0.15, 0.2) is 212 Å². The molecule has 3 aliphatic rings. The minimum absolute atomic E-state index is 0.0795. The van der Waals surface area contributed by atoms with Crippen molar-refractivity contribution >= 4 is 17.1 Å². The van der Waals surface area contributed by atoms with Crippen molar-refractivity contribution in [3.63, 3.8) is 0 Å². The molecule has 9 aromatic rings. The first-order valence-corrected chi connectivity index (χ1v) is 20.4. The Morgan fingerprint density at radius 2 is 0.814 bits per heavy atom. The highest BCUT2D eigenvalue weighted by Gasteiger charge is 2.51. The van der Waals surface area contributed by atoms with Crippen molar-refractivity contribution in [2.75, 3.05) is 4.90 Å². The van der Waals surface area contributed by atoms with Gasteiger partial charge in [-0.3, -0.25) is 0 Å². The summed E-state index contributed by atoms with van der Waals surface area (Å²) in [5, 5.41) is 0. The normalized spacial score (nSPS) is 15.2. The largest absolute Gasteiger partial charge is 0.310 e. The van der Waals surface area contributed by atoms with E-state index >= 15 is 0 Å². The van der Waals surface area contributed by atoms with E-state index in [2.05, 4.69) is 172 Å². The number of rotatable bonds is 5. The zero-order chi connectivity index (χ0) is 42.8. The Bertz CT molecular complexity index is 3270. The fourth-order valence-corrected chi connectivity index (χ4v) is 10.7. The summed E-state index contributed by atoms with van der Waals surface area (Å²) in [6.07, 6.45) is 0. The molecule has 278 valence electrons. The van der Waals surface area contributed by atoms with Gasteiger partial charge < -0.3 is 4.90 Å². The van der Waals surface area contributed by atoms with E-state index in [0.717, 1.165) is 28.1 Å². The Morgan fingerprint density at radius 1 is 0.339 bits per heavy atom. The maximum atomic E-state index is 9.70. The van der Waals surface area contributed by atoms with E-state index < -0.39 is 5.41 Å². The van der Waals surface area contributed by atoms with Crippen molar-refractivity contribution in [1.82, 2.24) is 0 Å². The topological polar surface area (TPSA) is 3.24 Å². The average molecular weight is 756 g/mol. The van der Waals surface area contributed by atoms with Gasteiger partial charge in [-0.15, -0.1) is 0 Å². The molecule has 0 amide bonds. The number of hydrogen-bond acceptors (Lipinski definition) is 1. The molecule has 0 N–H and O–H groups in total. The van der Waals surface area contributed by atoms with E-state index in [4.69, 9.17) is 0 Å². The van der Waals surface area contributed by atoms with E-state index in [1.165, 1.54) is 61.2 Å². The number of anilines is 3. The summed E-state index contributed by atoms with van der Waals surface area (Å²) in [5.41, 5.74) is 18.7.